The molecule has 0 spiro atoms. The number of para-hydroxylation sites is 4. The van der Waals surface area contributed by atoms with Gasteiger partial charge < -0.3 is 13.6 Å². The number of furan rings is 1. The van der Waals surface area contributed by atoms with Crippen LogP contribution in [0.4, 0.5) is 0 Å². The molecule has 0 saturated heterocycles. The molecule has 11 aromatic rings. The maximum absolute atomic E-state index is 6.36. The Labute approximate surface area is 293 Å². The van der Waals surface area contributed by atoms with Gasteiger partial charge >= 0.3 is 0 Å². The van der Waals surface area contributed by atoms with Crippen LogP contribution in [0, 0.1) is 0 Å². The SMILES string of the molecule is c1cc(-c2cccc(-c3ccc4oc5ccc(-n6c7ccccc7c7ccccc76)cc5c4c3)n2)cc(-n2c3ccccc3c3ccccc32)c1. The Morgan fingerprint density at radius 3 is 1.35 bits per heavy atom. The molecule has 238 valence electrons. The summed E-state index contributed by atoms with van der Waals surface area (Å²) in [5, 5.41) is 7.16. The molecule has 0 amide bonds. The Morgan fingerprint density at radius 2 is 0.784 bits per heavy atom. The van der Waals surface area contributed by atoms with E-state index in [1.54, 1.807) is 0 Å². The molecule has 0 aliphatic heterocycles. The summed E-state index contributed by atoms with van der Waals surface area (Å²) in [4.78, 5) is 5.21. The molecule has 0 fully saturated rings. The number of hydrogen-bond donors (Lipinski definition) is 0. The average Bonchev–Trinajstić information content (AvgIpc) is 3.85. The van der Waals surface area contributed by atoms with Gasteiger partial charge in [-0.05, 0) is 84.9 Å². The van der Waals surface area contributed by atoms with E-state index in [2.05, 4.69) is 185 Å². The van der Waals surface area contributed by atoms with Gasteiger partial charge in [0, 0.05) is 54.8 Å². The lowest BCUT2D eigenvalue weighted by atomic mass is 10.0. The molecule has 4 heteroatoms. The summed E-state index contributed by atoms with van der Waals surface area (Å²) in [6.07, 6.45) is 0. The van der Waals surface area contributed by atoms with Gasteiger partial charge in [-0.25, -0.2) is 4.98 Å². The second-order valence-corrected chi connectivity index (χ2v) is 13.2. The summed E-state index contributed by atoms with van der Waals surface area (Å²) in [5.74, 6) is 0. The molecule has 0 N–H and O–H groups in total. The molecule has 0 unspecified atom stereocenters. The fourth-order valence-corrected chi connectivity index (χ4v) is 8.03. The molecule has 0 radical (unpaired) electrons. The monoisotopic (exact) mass is 651 g/mol. The van der Waals surface area contributed by atoms with Crippen LogP contribution in [-0.2, 0) is 0 Å². The fraction of sp³-hybridized carbons (Fsp3) is 0. The molecule has 7 aromatic carbocycles. The molecule has 4 nitrogen and oxygen atoms in total. The summed E-state index contributed by atoms with van der Waals surface area (Å²) in [5.41, 5.74) is 12.7. The van der Waals surface area contributed by atoms with Crippen LogP contribution in [0.15, 0.2) is 180 Å². The summed E-state index contributed by atoms with van der Waals surface area (Å²) in [6, 6.07) is 62.4. The molecule has 11 rings (SSSR count). The van der Waals surface area contributed by atoms with E-state index in [1.807, 2.05) is 0 Å². The number of hydrogen-bond acceptors (Lipinski definition) is 2. The third-order valence-electron chi connectivity index (χ3n) is 10.3. The quantitative estimate of drug-likeness (QED) is 0.190. The molecular weight excluding hydrogens is 623 g/mol. The molecule has 0 aliphatic rings. The van der Waals surface area contributed by atoms with E-state index in [9.17, 15) is 0 Å². The molecule has 0 bridgehead atoms. The number of pyridine rings is 1. The van der Waals surface area contributed by atoms with Crippen molar-refractivity contribution in [1.29, 1.82) is 0 Å². The van der Waals surface area contributed by atoms with Crippen LogP contribution < -0.4 is 0 Å². The van der Waals surface area contributed by atoms with Gasteiger partial charge in [0.1, 0.15) is 11.2 Å². The summed E-state index contributed by atoms with van der Waals surface area (Å²) in [6.45, 7) is 0. The third kappa shape index (κ3) is 4.23. The maximum Gasteiger partial charge on any atom is 0.135 e. The Morgan fingerprint density at radius 1 is 0.333 bits per heavy atom. The van der Waals surface area contributed by atoms with Crippen molar-refractivity contribution in [2.45, 2.75) is 0 Å². The van der Waals surface area contributed by atoms with E-state index in [0.29, 0.717) is 0 Å². The fourth-order valence-electron chi connectivity index (χ4n) is 8.03. The molecule has 4 heterocycles. The summed E-state index contributed by atoms with van der Waals surface area (Å²) < 4.78 is 11.1. The minimum absolute atomic E-state index is 0.864. The largest absolute Gasteiger partial charge is 0.456 e. The highest BCUT2D eigenvalue weighted by atomic mass is 16.3. The van der Waals surface area contributed by atoms with Crippen molar-refractivity contribution < 1.29 is 4.42 Å². The Kier molecular flexibility index (Phi) is 5.92. The van der Waals surface area contributed by atoms with Crippen LogP contribution in [0.1, 0.15) is 0 Å². The third-order valence-corrected chi connectivity index (χ3v) is 10.3. The molecule has 4 aromatic heterocycles. The van der Waals surface area contributed by atoms with Gasteiger partial charge in [-0.2, -0.15) is 0 Å². The number of aromatic nitrogens is 3. The lowest BCUT2D eigenvalue weighted by Crippen LogP contribution is -1.95. The van der Waals surface area contributed by atoms with Crippen LogP contribution >= 0.6 is 0 Å². The Balaban J connectivity index is 1.02. The van der Waals surface area contributed by atoms with E-state index in [1.165, 1.54) is 43.6 Å². The highest BCUT2D eigenvalue weighted by molar-refractivity contribution is 6.11. The lowest BCUT2D eigenvalue weighted by Gasteiger charge is -2.11. The molecule has 0 aliphatic carbocycles. The zero-order valence-corrected chi connectivity index (χ0v) is 27.5. The predicted molar refractivity (Wildman–Crippen MR) is 211 cm³/mol. The predicted octanol–water partition coefficient (Wildman–Crippen LogP) is 12.5. The minimum Gasteiger partial charge on any atom is -0.456 e. The zero-order chi connectivity index (χ0) is 33.5. The van der Waals surface area contributed by atoms with Gasteiger partial charge in [-0.15, -0.1) is 0 Å². The van der Waals surface area contributed by atoms with Crippen molar-refractivity contribution >= 4 is 65.6 Å². The van der Waals surface area contributed by atoms with Crippen LogP contribution in [0.2, 0.25) is 0 Å². The highest BCUT2D eigenvalue weighted by Crippen LogP contribution is 2.38. The van der Waals surface area contributed by atoms with E-state index >= 15 is 0 Å². The van der Waals surface area contributed by atoms with Gasteiger partial charge in [-0.3, -0.25) is 0 Å². The van der Waals surface area contributed by atoms with E-state index < -0.39 is 0 Å². The average molecular weight is 652 g/mol. The lowest BCUT2D eigenvalue weighted by molar-refractivity contribution is 0.669. The van der Waals surface area contributed by atoms with Crippen molar-refractivity contribution in [1.82, 2.24) is 14.1 Å². The Bertz CT molecular complexity index is 3050. The summed E-state index contributed by atoms with van der Waals surface area (Å²) >= 11 is 0. The molecule has 51 heavy (non-hydrogen) atoms. The van der Waals surface area contributed by atoms with Crippen molar-refractivity contribution in [2.24, 2.45) is 0 Å². The van der Waals surface area contributed by atoms with Crippen LogP contribution in [0.5, 0.6) is 0 Å². The molecule has 0 saturated carbocycles. The standard InChI is InChI=1S/C47H29N3O/c1-5-19-42-34(13-1)35-14-2-6-20-43(35)49(42)32-12-9-11-30(27-32)40-17-10-18-41(48-40)31-23-25-46-38(28-31)39-29-33(24-26-47(39)51-46)50-44-21-7-3-15-36(44)37-16-4-8-22-45(37)50/h1-29H. The number of rotatable bonds is 4. The second-order valence-electron chi connectivity index (χ2n) is 13.2. The number of benzene rings is 7. The first-order valence-electron chi connectivity index (χ1n) is 17.3. The topological polar surface area (TPSA) is 35.9 Å². The normalized spacial score (nSPS) is 11.9. The Hall–Kier alpha value is -6.91. The number of fused-ring (bicyclic) bond motifs is 9. The van der Waals surface area contributed by atoms with Gasteiger partial charge in [0.05, 0.1) is 33.5 Å². The smallest absolute Gasteiger partial charge is 0.135 e. The first-order valence-corrected chi connectivity index (χ1v) is 17.3. The van der Waals surface area contributed by atoms with Gasteiger partial charge in [0.2, 0.25) is 0 Å². The second kappa shape index (κ2) is 10.8. The summed E-state index contributed by atoms with van der Waals surface area (Å²) in [7, 11) is 0. The van der Waals surface area contributed by atoms with E-state index in [-0.39, 0.29) is 0 Å². The van der Waals surface area contributed by atoms with Gasteiger partial charge in [0.15, 0.2) is 0 Å². The maximum atomic E-state index is 6.36. The minimum atomic E-state index is 0.864. The van der Waals surface area contributed by atoms with Crippen LogP contribution in [-0.4, -0.2) is 14.1 Å². The molecule has 0 atom stereocenters. The van der Waals surface area contributed by atoms with Gasteiger partial charge in [-0.1, -0.05) is 91.0 Å². The zero-order valence-electron chi connectivity index (χ0n) is 27.5. The first-order chi connectivity index (χ1) is 25.3. The van der Waals surface area contributed by atoms with Crippen LogP contribution in [0.3, 0.4) is 0 Å². The first kappa shape index (κ1) is 28.0. The van der Waals surface area contributed by atoms with Crippen molar-refractivity contribution in [3.63, 3.8) is 0 Å². The molecular formula is C47H29N3O. The van der Waals surface area contributed by atoms with Crippen molar-refractivity contribution in [2.75, 3.05) is 0 Å². The van der Waals surface area contributed by atoms with Crippen molar-refractivity contribution in [3.05, 3.63) is 176 Å². The van der Waals surface area contributed by atoms with Crippen molar-refractivity contribution in [3.8, 4) is 33.9 Å². The van der Waals surface area contributed by atoms with E-state index in [4.69, 9.17) is 9.40 Å². The highest BCUT2D eigenvalue weighted by Gasteiger charge is 2.16. The van der Waals surface area contributed by atoms with Gasteiger partial charge in [0.25, 0.3) is 0 Å². The van der Waals surface area contributed by atoms with Crippen LogP contribution in [0.25, 0.3) is 99.4 Å². The van der Waals surface area contributed by atoms with E-state index in [0.717, 1.165) is 55.8 Å². The number of nitrogens with zero attached hydrogens (tertiary/aromatic N) is 3.